The number of likely N-dealkylation sites (N-methyl/N-ethyl adjacent to an activating group) is 1. The van der Waals surface area contributed by atoms with Gasteiger partial charge in [-0.1, -0.05) is 74.0 Å². The van der Waals surface area contributed by atoms with Gasteiger partial charge in [0.1, 0.15) is 13.6 Å². The molecule has 2 aromatic carbocycles. The Morgan fingerprint density at radius 1 is 1.05 bits per heavy atom. The van der Waals surface area contributed by atoms with Gasteiger partial charge in [0.25, 0.3) is 0 Å². The average molecular weight is 526 g/mol. The number of benzene rings is 2. The van der Waals surface area contributed by atoms with E-state index in [0.29, 0.717) is 5.92 Å². The topological polar surface area (TPSA) is 6.25 Å². The van der Waals surface area contributed by atoms with Crippen LogP contribution in [0.1, 0.15) is 58.9 Å². The molecule has 2 nitrogen and oxygen atoms in total. The van der Waals surface area contributed by atoms with Gasteiger partial charge in [-0.2, -0.15) is 0 Å². The van der Waals surface area contributed by atoms with Gasteiger partial charge < -0.3 is 4.90 Å². The van der Waals surface area contributed by atoms with Crippen LogP contribution in [0, 0.1) is 11.3 Å². The molecule has 0 amide bonds. The van der Waals surface area contributed by atoms with E-state index in [9.17, 15) is 0 Å². The molecule has 0 fully saturated rings. The third kappa shape index (κ3) is 4.41. The zero-order valence-electron chi connectivity index (χ0n) is 23.9. The Hall–Kier alpha value is -2.84. The number of rotatable bonds is 5. The summed E-state index contributed by atoms with van der Waals surface area (Å²) >= 11 is 7.06. The first-order valence-corrected chi connectivity index (χ1v) is 14.4. The fourth-order valence-corrected chi connectivity index (χ4v) is 7.35. The highest BCUT2D eigenvalue weighted by atomic mass is 35.5. The van der Waals surface area contributed by atoms with Gasteiger partial charge >= 0.3 is 0 Å². The van der Waals surface area contributed by atoms with Gasteiger partial charge in [-0.15, -0.1) is 6.58 Å². The highest BCUT2D eigenvalue weighted by Crippen LogP contribution is 2.50. The number of hydrogen-bond acceptors (Lipinski definition) is 1. The molecule has 1 aliphatic carbocycles. The predicted octanol–water partition coefficient (Wildman–Crippen LogP) is 8.93. The highest BCUT2D eigenvalue weighted by Gasteiger charge is 2.45. The zero-order valence-corrected chi connectivity index (χ0v) is 24.7. The minimum atomic E-state index is -0.0904. The summed E-state index contributed by atoms with van der Waals surface area (Å²) in [4.78, 5) is 2.36. The van der Waals surface area contributed by atoms with Gasteiger partial charge in [-0.25, -0.2) is 4.58 Å². The van der Waals surface area contributed by atoms with Crippen LogP contribution in [0.3, 0.4) is 0 Å². The van der Waals surface area contributed by atoms with E-state index in [1.165, 1.54) is 44.6 Å². The third-order valence-electron chi connectivity index (χ3n) is 9.27. The number of allylic oxidation sites excluding steroid dienone is 9. The minimum absolute atomic E-state index is 0.0904. The van der Waals surface area contributed by atoms with Gasteiger partial charge in [0.2, 0.25) is 0 Å². The van der Waals surface area contributed by atoms with Crippen molar-refractivity contribution in [2.24, 2.45) is 11.3 Å². The molecule has 2 aromatic rings. The maximum atomic E-state index is 7.06. The first-order valence-electron chi connectivity index (χ1n) is 14.0. The normalized spacial score (nSPS) is 24.9. The molecular weight excluding hydrogens is 484 g/mol. The van der Waals surface area contributed by atoms with Crippen LogP contribution in [0.5, 0.6) is 0 Å². The molecule has 3 aliphatic rings. The van der Waals surface area contributed by atoms with Gasteiger partial charge in [-0.3, -0.25) is 0 Å². The molecule has 0 N–H and O–H groups in total. The van der Waals surface area contributed by atoms with Crippen LogP contribution in [0.25, 0.3) is 10.8 Å². The molecule has 2 heterocycles. The maximum Gasteiger partial charge on any atom is 0.181 e. The molecule has 0 radical (unpaired) electrons. The molecule has 1 atom stereocenters. The zero-order chi connectivity index (χ0) is 27.2. The predicted molar refractivity (Wildman–Crippen MR) is 166 cm³/mol. The molecular formula is C35H42ClN2+. The Morgan fingerprint density at radius 3 is 2.58 bits per heavy atom. The molecule has 2 aliphatic heterocycles. The van der Waals surface area contributed by atoms with Crippen molar-refractivity contribution >= 4 is 33.8 Å². The molecule has 5 rings (SSSR count). The van der Waals surface area contributed by atoms with Crippen molar-refractivity contribution in [1.29, 1.82) is 0 Å². The van der Waals surface area contributed by atoms with E-state index in [4.69, 9.17) is 11.6 Å². The van der Waals surface area contributed by atoms with E-state index in [1.807, 2.05) is 0 Å². The van der Waals surface area contributed by atoms with E-state index >= 15 is 0 Å². The second kappa shape index (κ2) is 10.0. The van der Waals surface area contributed by atoms with Crippen LogP contribution in [-0.2, 0) is 5.41 Å². The molecule has 0 saturated carbocycles. The van der Waals surface area contributed by atoms with Crippen molar-refractivity contribution in [1.82, 2.24) is 0 Å². The largest absolute Gasteiger partial charge is 0.347 e. The minimum Gasteiger partial charge on any atom is -0.347 e. The van der Waals surface area contributed by atoms with E-state index < -0.39 is 0 Å². The van der Waals surface area contributed by atoms with Gasteiger partial charge in [-0.05, 0) is 79.2 Å². The fraction of sp³-hybridized carbons (Fsp3) is 0.400. The van der Waals surface area contributed by atoms with Crippen LogP contribution in [0.4, 0.5) is 5.69 Å². The van der Waals surface area contributed by atoms with E-state index in [0.717, 1.165) is 37.3 Å². The first-order chi connectivity index (χ1) is 18.1. The molecule has 38 heavy (non-hydrogen) atoms. The third-order valence-corrected chi connectivity index (χ3v) is 9.76. The summed E-state index contributed by atoms with van der Waals surface area (Å²) in [7, 11) is 4.40. The van der Waals surface area contributed by atoms with Crippen LogP contribution in [0.15, 0.2) is 95.2 Å². The van der Waals surface area contributed by atoms with Crippen molar-refractivity contribution in [3.05, 3.63) is 101 Å². The standard InChI is InChI=1S/C35H42ClN2/c1-8-12-27-23-37(6)30(34(27,2)3)21-18-25-14-11-15-26(33(25)36)19-22-31-35(4,5)32-28-16-10-9-13-24(28)17-20-29(32)38(31)7/h8-10,13,16-22,27H,1,11-12,14-15,23H2,2-7H3/q+1. The van der Waals surface area contributed by atoms with Crippen molar-refractivity contribution in [2.75, 3.05) is 25.5 Å². The van der Waals surface area contributed by atoms with Crippen molar-refractivity contribution in [3.63, 3.8) is 0 Å². The molecule has 0 saturated heterocycles. The summed E-state index contributed by atoms with van der Waals surface area (Å²) in [5.74, 6) is 0.593. The fourth-order valence-electron chi connectivity index (χ4n) is 7.03. The SMILES string of the molecule is C=CCC1C[N+](C)=C(/C=C/C2=C(Cl)C(=C/C=C3/N(C)c4ccc5ccccc5c4C3(C)C)/CCC2)C1(C)C. The second-order valence-electron chi connectivity index (χ2n) is 12.3. The highest BCUT2D eigenvalue weighted by molar-refractivity contribution is 6.32. The van der Waals surface area contributed by atoms with E-state index in [-0.39, 0.29) is 10.8 Å². The Kier molecular flexibility index (Phi) is 7.07. The van der Waals surface area contributed by atoms with E-state index in [1.54, 1.807) is 0 Å². The average Bonchev–Trinajstić information content (AvgIpc) is 3.22. The Balaban J connectivity index is 1.46. The van der Waals surface area contributed by atoms with Crippen LogP contribution >= 0.6 is 11.6 Å². The molecule has 1 unspecified atom stereocenters. The monoisotopic (exact) mass is 525 g/mol. The smallest absolute Gasteiger partial charge is 0.181 e. The lowest BCUT2D eigenvalue weighted by Gasteiger charge is -2.25. The lowest BCUT2D eigenvalue weighted by atomic mass is 9.75. The van der Waals surface area contributed by atoms with Crippen LogP contribution in [-0.4, -0.2) is 30.9 Å². The number of anilines is 1. The summed E-state index contributed by atoms with van der Waals surface area (Å²) in [5.41, 5.74) is 7.92. The first kappa shape index (κ1) is 26.8. The summed E-state index contributed by atoms with van der Waals surface area (Å²) < 4.78 is 2.41. The lowest BCUT2D eigenvalue weighted by molar-refractivity contribution is -0.493. The van der Waals surface area contributed by atoms with Crippen molar-refractivity contribution in [3.8, 4) is 0 Å². The molecule has 3 heteroatoms. The summed E-state index contributed by atoms with van der Waals surface area (Å²) in [6.07, 6.45) is 15.5. The Bertz CT molecular complexity index is 1440. The number of halogens is 1. The quantitative estimate of drug-likeness (QED) is 0.279. The summed E-state index contributed by atoms with van der Waals surface area (Å²) in [5, 5.41) is 3.56. The maximum absolute atomic E-state index is 7.06. The number of nitrogens with zero attached hydrogens (tertiary/aromatic N) is 2. The Labute approximate surface area is 234 Å². The summed E-state index contributed by atoms with van der Waals surface area (Å²) in [6, 6.07) is 13.2. The second-order valence-corrected chi connectivity index (χ2v) is 12.7. The van der Waals surface area contributed by atoms with Crippen LogP contribution in [0.2, 0.25) is 0 Å². The molecule has 0 bridgehead atoms. The molecule has 0 spiro atoms. The molecule has 198 valence electrons. The van der Waals surface area contributed by atoms with Crippen LogP contribution < -0.4 is 4.90 Å². The molecule has 0 aromatic heterocycles. The van der Waals surface area contributed by atoms with Gasteiger partial charge in [0.15, 0.2) is 5.71 Å². The Morgan fingerprint density at radius 2 is 1.82 bits per heavy atom. The number of hydrogen-bond donors (Lipinski definition) is 0. The van der Waals surface area contributed by atoms with Gasteiger partial charge in [0, 0.05) is 40.9 Å². The lowest BCUT2D eigenvalue weighted by Crippen LogP contribution is -2.27. The number of fused-ring (bicyclic) bond motifs is 3. The van der Waals surface area contributed by atoms with Gasteiger partial charge in [0.05, 0.1) is 5.41 Å². The van der Waals surface area contributed by atoms with E-state index in [2.05, 4.69) is 125 Å². The van der Waals surface area contributed by atoms with Crippen molar-refractivity contribution < 1.29 is 4.58 Å². The summed E-state index contributed by atoms with van der Waals surface area (Å²) in [6.45, 7) is 14.5. The van der Waals surface area contributed by atoms with Crippen molar-refractivity contribution in [2.45, 2.75) is 58.8 Å².